The molecule has 4 rings (SSSR count). The molecule has 1 aliphatic carbocycles. The average molecular weight is 399 g/mol. The van der Waals surface area contributed by atoms with Gasteiger partial charge in [-0.2, -0.15) is 4.31 Å². The molecule has 1 aromatic carbocycles. The number of anilines is 1. The SMILES string of the molecule is O=C(Nc1nc2c(s1)CN(S(=O)(=O)C1CC1)CC2)c1ccc(F)cc1F. The van der Waals surface area contributed by atoms with Gasteiger partial charge >= 0.3 is 0 Å². The molecule has 0 atom stereocenters. The van der Waals surface area contributed by atoms with Gasteiger partial charge in [0.2, 0.25) is 10.0 Å². The third-order valence-corrected chi connectivity index (χ3v) is 7.74. The van der Waals surface area contributed by atoms with Crippen molar-refractivity contribution in [3.63, 3.8) is 0 Å². The Balaban J connectivity index is 1.50. The third-order valence-electron chi connectivity index (χ3n) is 4.40. The Kier molecular flexibility index (Phi) is 4.28. The highest BCUT2D eigenvalue weighted by atomic mass is 32.2. The first-order valence-corrected chi connectivity index (χ1v) is 10.4. The van der Waals surface area contributed by atoms with Crippen molar-refractivity contribution < 1.29 is 22.0 Å². The lowest BCUT2D eigenvalue weighted by Crippen LogP contribution is -2.37. The molecule has 0 saturated heterocycles. The monoisotopic (exact) mass is 399 g/mol. The molecule has 0 spiro atoms. The van der Waals surface area contributed by atoms with Crippen LogP contribution in [0.3, 0.4) is 0 Å². The summed E-state index contributed by atoms with van der Waals surface area (Å²) in [4.78, 5) is 17.2. The molecular weight excluding hydrogens is 384 g/mol. The standard InChI is InChI=1S/C16H15F2N3O3S2/c17-9-1-4-11(12(18)7-9)15(22)20-16-19-13-5-6-21(8-14(13)25-16)26(23,24)10-2-3-10/h1,4,7,10H,2-3,5-6,8H2,(H,19,20,22). The van der Waals surface area contributed by atoms with Gasteiger partial charge in [0.1, 0.15) is 11.6 Å². The van der Waals surface area contributed by atoms with E-state index in [1.807, 2.05) is 0 Å². The summed E-state index contributed by atoms with van der Waals surface area (Å²) in [6, 6.07) is 2.71. The number of nitrogens with zero attached hydrogens (tertiary/aromatic N) is 2. The number of halogens is 2. The minimum atomic E-state index is -3.26. The zero-order valence-corrected chi connectivity index (χ0v) is 15.2. The zero-order valence-electron chi connectivity index (χ0n) is 13.5. The van der Waals surface area contributed by atoms with Crippen molar-refractivity contribution in [3.05, 3.63) is 46.0 Å². The molecule has 1 N–H and O–H groups in total. The number of carbonyl (C=O) groups is 1. The van der Waals surface area contributed by atoms with E-state index in [1.54, 1.807) is 0 Å². The normalized spacial score (nSPS) is 17.8. The van der Waals surface area contributed by atoms with Crippen LogP contribution in [-0.4, -0.2) is 35.4 Å². The summed E-state index contributed by atoms with van der Waals surface area (Å²) in [5, 5.41) is 2.51. The van der Waals surface area contributed by atoms with E-state index in [0.29, 0.717) is 31.9 Å². The Morgan fingerprint density at radius 2 is 2.08 bits per heavy atom. The van der Waals surface area contributed by atoms with Gasteiger partial charge in [0, 0.05) is 30.5 Å². The minimum Gasteiger partial charge on any atom is -0.298 e. The molecule has 2 aromatic rings. The summed E-state index contributed by atoms with van der Waals surface area (Å²) in [6.45, 7) is 0.613. The van der Waals surface area contributed by atoms with E-state index in [9.17, 15) is 22.0 Å². The van der Waals surface area contributed by atoms with Gasteiger partial charge in [-0.1, -0.05) is 0 Å². The third kappa shape index (κ3) is 3.24. The number of sulfonamides is 1. The lowest BCUT2D eigenvalue weighted by molar-refractivity contribution is 0.102. The van der Waals surface area contributed by atoms with Gasteiger partial charge in [-0.3, -0.25) is 10.1 Å². The maximum absolute atomic E-state index is 13.7. The topological polar surface area (TPSA) is 79.4 Å². The summed E-state index contributed by atoms with van der Waals surface area (Å²) in [5.41, 5.74) is 0.463. The van der Waals surface area contributed by atoms with Crippen molar-refractivity contribution in [2.45, 2.75) is 31.1 Å². The first-order chi connectivity index (χ1) is 12.3. The molecule has 2 aliphatic rings. The molecule has 10 heteroatoms. The lowest BCUT2D eigenvalue weighted by Gasteiger charge is -2.25. The minimum absolute atomic E-state index is 0.243. The van der Waals surface area contributed by atoms with Crippen LogP contribution in [-0.2, 0) is 23.0 Å². The van der Waals surface area contributed by atoms with Gasteiger partial charge in [0.05, 0.1) is 16.5 Å². The Morgan fingerprint density at radius 3 is 2.77 bits per heavy atom. The highest BCUT2D eigenvalue weighted by Crippen LogP contribution is 2.35. The molecule has 1 fully saturated rings. The van der Waals surface area contributed by atoms with E-state index in [0.717, 1.165) is 22.7 Å². The smallest absolute Gasteiger partial charge is 0.260 e. The number of aromatic nitrogens is 1. The molecule has 0 unspecified atom stereocenters. The highest BCUT2D eigenvalue weighted by Gasteiger charge is 2.41. The lowest BCUT2D eigenvalue weighted by atomic mass is 10.2. The van der Waals surface area contributed by atoms with Crippen LogP contribution in [0.15, 0.2) is 18.2 Å². The number of benzene rings is 1. The number of hydrogen-bond acceptors (Lipinski definition) is 5. The number of rotatable bonds is 4. The second-order valence-corrected chi connectivity index (χ2v) is 9.59. The van der Waals surface area contributed by atoms with Crippen molar-refractivity contribution in [1.82, 2.24) is 9.29 Å². The number of nitrogens with one attached hydrogen (secondary N) is 1. The summed E-state index contributed by atoms with van der Waals surface area (Å²) in [6.07, 6.45) is 1.89. The molecule has 1 aliphatic heterocycles. The van der Waals surface area contributed by atoms with E-state index in [2.05, 4.69) is 10.3 Å². The van der Waals surface area contributed by atoms with Gasteiger partial charge in [0.25, 0.3) is 5.91 Å². The Morgan fingerprint density at radius 1 is 1.31 bits per heavy atom. The van der Waals surface area contributed by atoms with Crippen LogP contribution in [0.2, 0.25) is 0 Å². The van der Waals surface area contributed by atoms with Crippen molar-refractivity contribution in [2.75, 3.05) is 11.9 Å². The van der Waals surface area contributed by atoms with Crippen LogP contribution in [0.4, 0.5) is 13.9 Å². The van der Waals surface area contributed by atoms with Crippen molar-refractivity contribution in [1.29, 1.82) is 0 Å². The van der Waals surface area contributed by atoms with Crippen molar-refractivity contribution in [2.24, 2.45) is 0 Å². The molecule has 1 amide bonds. The second kappa shape index (κ2) is 6.36. The second-order valence-electron chi connectivity index (χ2n) is 6.30. The number of fused-ring (bicyclic) bond motifs is 1. The van der Waals surface area contributed by atoms with Gasteiger partial charge in [0.15, 0.2) is 5.13 Å². The van der Waals surface area contributed by atoms with Gasteiger partial charge in [-0.05, 0) is 25.0 Å². The van der Waals surface area contributed by atoms with Crippen LogP contribution in [0.1, 0.15) is 33.8 Å². The predicted octanol–water partition coefficient (Wildman–Crippen LogP) is 2.52. The molecule has 26 heavy (non-hydrogen) atoms. The summed E-state index contributed by atoms with van der Waals surface area (Å²) in [7, 11) is -3.26. The molecule has 1 aromatic heterocycles. The van der Waals surface area contributed by atoms with Crippen LogP contribution in [0.5, 0.6) is 0 Å². The zero-order chi connectivity index (χ0) is 18.5. The fourth-order valence-electron chi connectivity index (χ4n) is 2.86. The van der Waals surface area contributed by atoms with Gasteiger partial charge in [-0.25, -0.2) is 22.2 Å². The predicted molar refractivity (Wildman–Crippen MR) is 92.5 cm³/mol. The molecule has 0 bridgehead atoms. The van der Waals surface area contributed by atoms with Crippen molar-refractivity contribution >= 4 is 32.4 Å². The van der Waals surface area contributed by atoms with Crippen LogP contribution < -0.4 is 5.32 Å². The Bertz CT molecular complexity index is 987. The fraction of sp³-hybridized carbons (Fsp3) is 0.375. The number of carbonyl (C=O) groups excluding carboxylic acids is 1. The van der Waals surface area contributed by atoms with E-state index >= 15 is 0 Å². The van der Waals surface area contributed by atoms with Gasteiger partial charge < -0.3 is 0 Å². The van der Waals surface area contributed by atoms with E-state index < -0.39 is 27.6 Å². The van der Waals surface area contributed by atoms with Crippen LogP contribution in [0, 0.1) is 11.6 Å². The molecule has 138 valence electrons. The summed E-state index contributed by atoms with van der Waals surface area (Å²) < 4.78 is 52.8. The number of thiazole rings is 1. The van der Waals surface area contributed by atoms with Crippen LogP contribution in [0.25, 0.3) is 0 Å². The molecule has 2 heterocycles. The van der Waals surface area contributed by atoms with Gasteiger partial charge in [-0.15, -0.1) is 11.3 Å². The van der Waals surface area contributed by atoms with E-state index in [4.69, 9.17) is 0 Å². The Hall–Kier alpha value is -1.91. The largest absolute Gasteiger partial charge is 0.298 e. The summed E-state index contributed by atoms with van der Waals surface area (Å²) >= 11 is 1.17. The molecule has 0 radical (unpaired) electrons. The first kappa shape index (κ1) is 17.5. The number of amides is 1. The molecule has 6 nitrogen and oxygen atoms in total. The fourth-order valence-corrected chi connectivity index (χ4v) is 5.77. The van der Waals surface area contributed by atoms with Crippen LogP contribution >= 0.6 is 11.3 Å². The maximum atomic E-state index is 13.7. The van der Waals surface area contributed by atoms with E-state index in [-0.39, 0.29) is 22.5 Å². The number of hydrogen-bond donors (Lipinski definition) is 1. The highest BCUT2D eigenvalue weighted by molar-refractivity contribution is 7.90. The Labute approximate surface area is 152 Å². The maximum Gasteiger partial charge on any atom is 0.260 e. The molecule has 1 saturated carbocycles. The average Bonchev–Trinajstić information content (AvgIpc) is 3.35. The van der Waals surface area contributed by atoms with E-state index in [1.165, 1.54) is 15.6 Å². The summed E-state index contributed by atoms with van der Waals surface area (Å²) in [5.74, 6) is -2.44. The molecular formula is C16H15F2N3O3S2. The van der Waals surface area contributed by atoms with Crippen molar-refractivity contribution in [3.8, 4) is 0 Å². The first-order valence-electron chi connectivity index (χ1n) is 8.08. The quantitative estimate of drug-likeness (QED) is 0.857.